The van der Waals surface area contributed by atoms with Gasteiger partial charge in [0.2, 0.25) is 5.91 Å². The van der Waals surface area contributed by atoms with Crippen LogP contribution >= 0.6 is 24.0 Å². The Labute approximate surface area is 166 Å². The maximum Gasteiger partial charge on any atom is 0.243 e. The predicted octanol–water partition coefficient (Wildman–Crippen LogP) is 2.92. The lowest BCUT2D eigenvalue weighted by molar-refractivity contribution is -0.127. The SMILES string of the molecule is CC(C)NC(=NCC(=O)N(C)C)N(C)Cc1cc2ccccc2o1.I. The van der Waals surface area contributed by atoms with Crippen molar-refractivity contribution in [3.63, 3.8) is 0 Å². The Balaban J connectivity index is 0.00000312. The van der Waals surface area contributed by atoms with Gasteiger partial charge in [-0.15, -0.1) is 24.0 Å². The molecule has 25 heavy (non-hydrogen) atoms. The highest BCUT2D eigenvalue weighted by Crippen LogP contribution is 2.19. The largest absolute Gasteiger partial charge is 0.459 e. The van der Waals surface area contributed by atoms with E-state index in [9.17, 15) is 4.79 Å². The second-order valence-electron chi connectivity index (χ2n) is 6.33. The molecule has 0 aliphatic rings. The number of halogens is 1. The molecule has 1 amide bonds. The molecule has 0 aliphatic carbocycles. The van der Waals surface area contributed by atoms with E-state index in [0.29, 0.717) is 12.5 Å². The van der Waals surface area contributed by atoms with Crippen molar-refractivity contribution >= 4 is 46.8 Å². The molecule has 0 unspecified atom stereocenters. The van der Waals surface area contributed by atoms with Crippen LogP contribution in [0.25, 0.3) is 11.0 Å². The first-order chi connectivity index (χ1) is 11.4. The van der Waals surface area contributed by atoms with Crippen molar-refractivity contribution in [2.24, 2.45) is 4.99 Å². The lowest BCUT2D eigenvalue weighted by atomic mass is 10.2. The maximum absolute atomic E-state index is 11.8. The number of para-hydroxylation sites is 1. The second kappa shape index (κ2) is 9.65. The topological polar surface area (TPSA) is 61.1 Å². The predicted molar refractivity (Wildman–Crippen MR) is 112 cm³/mol. The lowest BCUT2D eigenvalue weighted by Crippen LogP contribution is -2.42. The van der Waals surface area contributed by atoms with Gasteiger partial charge in [-0.1, -0.05) is 18.2 Å². The van der Waals surface area contributed by atoms with Crippen LogP contribution in [0, 0.1) is 0 Å². The average molecular weight is 458 g/mol. The molecule has 138 valence electrons. The number of carbonyl (C=O) groups excluding carboxylic acids is 1. The summed E-state index contributed by atoms with van der Waals surface area (Å²) in [6.07, 6.45) is 0. The van der Waals surface area contributed by atoms with Crippen LogP contribution in [0.5, 0.6) is 0 Å². The Bertz CT molecular complexity index is 692. The van der Waals surface area contributed by atoms with Crippen molar-refractivity contribution in [2.75, 3.05) is 27.7 Å². The number of nitrogens with one attached hydrogen (secondary N) is 1. The van der Waals surface area contributed by atoms with Crippen molar-refractivity contribution in [1.82, 2.24) is 15.1 Å². The molecule has 0 spiro atoms. The molecular weight excluding hydrogens is 431 g/mol. The van der Waals surface area contributed by atoms with Crippen LogP contribution in [0.4, 0.5) is 0 Å². The highest BCUT2D eigenvalue weighted by Gasteiger charge is 2.13. The van der Waals surface area contributed by atoms with E-state index < -0.39 is 0 Å². The summed E-state index contributed by atoms with van der Waals surface area (Å²) < 4.78 is 5.86. The molecular formula is C18H27IN4O2. The van der Waals surface area contributed by atoms with Crippen LogP contribution < -0.4 is 5.32 Å². The van der Waals surface area contributed by atoms with Crippen LogP contribution in [-0.4, -0.2) is 55.4 Å². The fourth-order valence-corrected chi connectivity index (χ4v) is 2.24. The van der Waals surface area contributed by atoms with Crippen LogP contribution in [0.15, 0.2) is 39.7 Å². The number of rotatable bonds is 5. The van der Waals surface area contributed by atoms with E-state index in [1.54, 1.807) is 14.1 Å². The van der Waals surface area contributed by atoms with E-state index >= 15 is 0 Å². The fourth-order valence-electron chi connectivity index (χ4n) is 2.24. The first-order valence-corrected chi connectivity index (χ1v) is 8.06. The Kier molecular flexibility index (Phi) is 8.21. The molecule has 0 fully saturated rings. The summed E-state index contributed by atoms with van der Waals surface area (Å²) in [5.41, 5.74) is 0.874. The number of amides is 1. The first kappa shape index (κ1) is 21.3. The molecule has 0 aliphatic heterocycles. The number of furan rings is 1. The van der Waals surface area contributed by atoms with Crippen molar-refractivity contribution in [3.05, 3.63) is 36.1 Å². The molecule has 7 heteroatoms. The van der Waals surface area contributed by atoms with E-state index in [4.69, 9.17) is 4.42 Å². The smallest absolute Gasteiger partial charge is 0.243 e. The van der Waals surface area contributed by atoms with E-state index in [1.165, 1.54) is 4.90 Å². The van der Waals surface area contributed by atoms with E-state index in [0.717, 1.165) is 16.7 Å². The minimum absolute atomic E-state index is 0. The summed E-state index contributed by atoms with van der Waals surface area (Å²) in [5, 5.41) is 4.37. The summed E-state index contributed by atoms with van der Waals surface area (Å²) in [5.74, 6) is 1.51. The van der Waals surface area contributed by atoms with Gasteiger partial charge in [0.25, 0.3) is 0 Å². The quantitative estimate of drug-likeness (QED) is 0.425. The van der Waals surface area contributed by atoms with Crippen molar-refractivity contribution in [1.29, 1.82) is 0 Å². The summed E-state index contributed by atoms with van der Waals surface area (Å²) in [7, 11) is 5.39. The van der Waals surface area contributed by atoms with Gasteiger partial charge in [-0.2, -0.15) is 0 Å². The molecule has 6 nitrogen and oxygen atoms in total. The van der Waals surface area contributed by atoms with Gasteiger partial charge in [-0.3, -0.25) is 4.79 Å². The first-order valence-electron chi connectivity index (χ1n) is 8.06. The minimum Gasteiger partial charge on any atom is -0.459 e. The molecule has 2 rings (SSSR count). The van der Waals surface area contributed by atoms with Crippen molar-refractivity contribution in [3.8, 4) is 0 Å². The summed E-state index contributed by atoms with van der Waals surface area (Å²) in [6, 6.07) is 10.2. The Morgan fingerprint density at radius 2 is 1.92 bits per heavy atom. The normalized spacial score (nSPS) is 11.4. The van der Waals surface area contributed by atoms with E-state index in [2.05, 4.69) is 10.3 Å². The molecule has 0 saturated carbocycles. The fraction of sp³-hybridized carbons (Fsp3) is 0.444. The van der Waals surface area contributed by atoms with Crippen molar-refractivity contribution in [2.45, 2.75) is 26.4 Å². The highest BCUT2D eigenvalue weighted by atomic mass is 127. The third kappa shape index (κ3) is 6.22. The van der Waals surface area contributed by atoms with E-state index in [1.807, 2.05) is 56.1 Å². The number of likely N-dealkylation sites (N-methyl/N-ethyl adjacent to an activating group) is 1. The number of hydrogen-bond acceptors (Lipinski definition) is 3. The van der Waals surface area contributed by atoms with Gasteiger partial charge in [0.1, 0.15) is 17.9 Å². The lowest BCUT2D eigenvalue weighted by Gasteiger charge is -2.23. The highest BCUT2D eigenvalue weighted by molar-refractivity contribution is 14.0. The van der Waals surface area contributed by atoms with Gasteiger partial charge in [-0.25, -0.2) is 4.99 Å². The number of benzene rings is 1. The standard InChI is InChI=1S/C18H26N4O2.HI/c1-13(2)20-18(19-11-17(23)21(3)4)22(5)12-15-10-14-8-6-7-9-16(14)24-15;/h6-10,13H,11-12H2,1-5H3,(H,19,20);1H. The average Bonchev–Trinajstić information content (AvgIpc) is 2.92. The molecule has 0 bridgehead atoms. The van der Waals surface area contributed by atoms with Crippen molar-refractivity contribution < 1.29 is 9.21 Å². The summed E-state index contributed by atoms with van der Waals surface area (Å²) in [4.78, 5) is 19.7. The molecule has 1 aromatic carbocycles. The number of hydrogen-bond donors (Lipinski definition) is 1. The zero-order chi connectivity index (χ0) is 17.7. The molecule has 0 saturated heterocycles. The number of nitrogens with zero attached hydrogens (tertiary/aromatic N) is 3. The maximum atomic E-state index is 11.8. The molecule has 1 heterocycles. The third-order valence-electron chi connectivity index (χ3n) is 3.51. The van der Waals surface area contributed by atoms with Gasteiger partial charge in [0.15, 0.2) is 5.96 Å². The Hall–Kier alpha value is -1.77. The van der Waals surface area contributed by atoms with Gasteiger partial charge < -0.3 is 19.5 Å². The van der Waals surface area contributed by atoms with Crippen LogP contribution in [-0.2, 0) is 11.3 Å². The van der Waals surface area contributed by atoms with Crippen LogP contribution in [0.2, 0.25) is 0 Å². The number of guanidine groups is 1. The second-order valence-corrected chi connectivity index (χ2v) is 6.33. The molecule has 1 N–H and O–H groups in total. The van der Waals surface area contributed by atoms with Gasteiger partial charge in [0, 0.05) is 32.6 Å². The van der Waals surface area contributed by atoms with Gasteiger partial charge >= 0.3 is 0 Å². The van der Waals surface area contributed by atoms with Crippen LogP contribution in [0.1, 0.15) is 19.6 Å². The van der Waals surface area contributed by atoms with Crippen LogP contribution in [0.3, 0.4) is 0 Å². The van der Waals surface area contributed by atoms with E-state index in [-0.39, 0.29) is 42.5 Å². The summed E-state index contributed by atoms with van der Waals surface area (Å²) >= 11 is 0. The minimum atomic E-state index is -0.0322. The van der Waals surface area contributed by atoms with Gasteiger partial charge in [0.05, 0.1) is 6.54 Å². The monoisotopic (exact) mass is 458 g/mol. The Morgan fingerprint density at radius 1 is 1.24 bits per heavy atom. The number of fused-ring (bicyclic) bond motifs is 1. The summed E-state index contributed by atoms with van der Waals surface area (Å²) in [6.45, 7) is 4.77. The molecule has 1 aromatic heterocycles. The molecule has 0 radical (unpaired) electrons. The number of carbonyl (C=O) groups is 1. The number of aliphatic imine (C=N–C) groups is 1. The zero-order valence-corrected chi connectivity index (χ0v) is 17.8. The molecule has 2 aromatic rings. The van der Waals surface area contributed by atoms with Gasteiger partial charge in [-0.05, 0) is 26.0 Å². The Morgan fingerprint density at radius 3 is 2.52 bits per heavy atom. The zero-order valence-electron chi connectivity index (χ0n) is 15.4. The molecule has 0 atom stereocenters. The third-order valence-corrected chi connectivity index (χ3v) is 3.51.